The maximum Gasteiger partial charge on any atom is 0.257 e. The first-order valence-electron chi connectivity index (χ1n) is 11.1. The lowest BCUT2D eigenvalue weighted by Crippen LogP contribution is -2.32. The SMILES string of the molecule is Cn1cc(C(=O)NCc2ccc(Cl)cc2)c(=O)c2cc(CN3CCOc4ccccc43)ccc21. The number of para-hydroxylation sites is 2. The number of nitrogens with one attached hydrogen (secondary N) is 1. The third-order valence-corrected chi connectivity index (χ3v) is 6.31. The van der Waals surface area contributed by atoms with Crippen LogP contribution in [0, 0.1) is 0 Å². The number of nitrogens with zero attached hydrogens (tertiary/aromatic N) is 2. The summed E-state index contributed by atoms with van der Waals surface area (Å²) in [5, 5.41) is 4.00. The van der Waals surface area contributed by atoms with Gasteiger partial charge in [0.2, 0.25) is 5.43 Å². The molecule has 1 aromatic heterocycles. The average molecular weight is 474 g/mol. The summed E-state index contributed by atoms with van der Waals surface area (Å²) >= 11 is 5.92. The Labute approximate surface area is 202 Å². The number of rotatable bonds is 5. The van der Waals surface area contributed by atoms with Crippen molar-refractivity contribution in [3.8, 4) is 5.75 Å². The minimum Gasteiger partial charge on any atom is -0.490 e. The van der Waals surface area contributed by atoms with Crippen molar-refractivity contribution in [2.24, 2.45) is 7.05 Å². The highest BCUT2D eigenvalue weighted by Crippen LogP contribution is 2.32. The molecular weight excluding hydrogens is 450 g/mol. The van der Waals surface area contributed by atoms with Crippen molar-refractivity contribution >= 4 is 34.1 Å². The van der Waals surface area contributed by atoms with Gasteiger partial charge in [-0.15, -0.1) is 0 Å². The Bertz CT molecular complexity index is 1430. The van der Waals surface area contributed by atoms with Crippen LogP contribution in [0.5, 0.6) is 5.75 Å². The standard InChI is InChI=1S/C27H24ClN3O3/c1-30-17-22(27(33)29-15-18-6-9-20(28)10-7-18)26(32)21-14-19(8-11-23(21)30)16-31-12-13-34-25-5-3-2-4-24(25)31/h2-11,14,17H,12-13,15-16H2,1H3,(H,29,33). The van der Waals surface area contributed by atoms with Gasteiger partial charge < -0.3 is 19.5 Å². The number of fused-ring (bicyclic) bond motifs is 2. The number of anilines is 1. The summed E-state index contributed by atoms with van der Waals surface area (Å²) in [6.07, 6.45) is 1.60. The van der Waals surface area contributed by atoms with Crippen LogP contribution in [0.15, 0.2) is 77.7 Å². The topological polar surface area (TPSA) is 63.6 Å². The number of pyridine rings is 1. The van der Waals surface area contributed by atoms with Gasteiger partial charge >= 0.3 is 0 Å². The number of ether oxygens (including phenoxy) is 1. The van der Waals surface area contributed by atoms with Crippen molar-refractivity contribution in [2.75, 3.05) is 18.1 Å². The van der Waals surface area contributed by atoms with E-state index in [0.29, 0.717) is 30.1 Å². The van der Waals surface area contributed by atoms with Gasteiger partial charge in [-0.25, -0.2) is 0 Å². The second kappa shape index (κ2) is 9.23. The second-order valence-corrected chi connectivity index (χ2v) is 8.82. The minimum atomic E-state index is -0.398. The van der Waals surface area contributed by atoms with Crippen LogP contribution >= 0.6 is 11.6 Å². The van der Waals surface area contributed by atoms with Gasteiger partial charge in [0.25, 0.3) is 5.91 Å². The van der Waals surface area contributed by atoms with Gasteiger partial charge in [0.15, 0.2) is 0 Å². The van der Waals surface area contributed by atoms with Crippen molar-refractivity contribution in [1.29, 1.82) is 0 Å². The number of carbonyl (C=O) groups is 1. The highest BCUT2D eigenvalue weighted by molar-refractivity contribution is 6.30. The summed E-state index contributed by atoms with van der Waals surface area (Å²) in [4.78, 5) is 28.4. The Hall–Kier alpha value is -3.77. The molecule has 172 valence electrons. The maximum absolute atomic E-state index is 13.3. The number of aromatic nitrogens is 1. The molecule has 1 N–H and O–H groups in total. The van der Waals surface area contributed by atoms with Gasteiger partial charge in [-0.2, -0.15) is 0 Å². The summed E-state index contributed by atoms with van der Waals surface area (Å²) in [6, 6.07) is 21.0. The lowest BCUT2D eigenvalue weighted by Gasteiger charge is -2.31. The van der Waals surface area contributed by atoms with E-state index in [2.05, 4.69) is 10.2 Å². The Balaban J connectivity index is 1.42. The Morgan fingerprint density at radius 1 is 1.06 bits per heavy atom. The molecule has 3 aromatic carbocycles. The smallest absolute Gasteiger partial charge is 0.257 e. The lowest BCUT2D eigenvalue weighted by atomic mass is 10.1. The van der Waals surface area contributed by atoms with Crippen LogP contribution in [-0.4, -0.2) is 23.6 Å². The molecule has 0 radical (unpaired) electrons. The molecule has 0 saturated heterocycles. The summed E-state index contributed by atoms with van der Waals surface area (Å²) in [7, 11) is 1.84. The molecule has 0 unspecified atom stereocenters. The Morgan fingerprint density at radius 2 is 1.82 bits per heavy atom. The van der Waals surface area contributed by atoms with Crippen LogP contribution in [0.3, 0.4) is 0 Å². The maximum atomic E-state index is 13.3. The summed E-state index contributed by atoms with van der Waals surface area (Å²) in [5.74, 6) is 0.468. The van der Waals surface area contributed by atoms with Crippen molar-refractivity contribution in [3.05, 3.63) is 105 Å². The number of amides is 1. The van der Waals surface area contributed by atoms with Crippen molar-refractivity contribution in [3.63, 3.8) is 0 Å². The quantitative estimate of drug-likeness (QED) is 0.463. The minimum absolute atomic E-state index is 0.123. The molecule has 4 aromatic rings. The summed E-state index contributed by atoms with van der Waals surface area (Å²) in [5.41, 5.74) is 3.58. The zero-order valence-corrected chi connectivity index (χ0v) is 19.5. The molecule has 5 rings (SSSR count). The molecule has 6 nitrogen and oxygen atoms in total. The van der Waals surface area contributed by atoms with Gasteiger partial charge in [0, 0.05) is 36.7 Å². The van der Waals surface area contributed by atoms with Gasteiger partial charge in [0.1, 0.15) is 17.9 Å². The number of carbonyl (C=O) groups excluding carboxylic acids is 1. The molecule has 2 heterocycles. The first-order valence-corrected chi connectivity index (χ1v) is 11.5. The zero-order valence-electron chi connectivity index (χ0n) is 18.8. The van der Waals surface area contributed by atoms with E-state index in [-0.39, 0.29) is 11.0 Å². The van der Waals surface area contributed by atoms with Gasteiger partial charge in [-0.3, -0.25) is 9.59 Å². The van der Waals surface area contributed by atoms with E-state index >= 15 is 0 Å². The van der Waals surface area contributed by atoms with E-state index in [1.807, 2.05) is 66.2 Å². The molecule has 1 aliphatic rings. The highest BCUT2D eigenvalue weighted by Gasteiger charge is 2.19. The van der Waals surface area contributed by atoms with E-state index in [0.717, 1.165) is 34.6 Å². The largest absolute Gasteiger partial charge is 0.490 e. The van der Waals surface area contributed by atoms with Crippen molar-refractivity contribution < 1.29 is 9.53 Å². The van der Waals surface area contributed by atoms with E-state index in [1.54, 1.807) is 18.3 Å². The van der Waals surface area contributed by atoms with Crippen LogP contribution in [0.1, 0.15) is 21.5 Å². The van der Waals surface area contributed by atoms with Gasteiger partial charge in [-0.05, 0) is 47.5 Å². The van der Waals surface area contributed by atoms with Crippen LogP contribution in [0.25, 0.3) is 10.9 Å². The zero-order chi connectivity index (χ0) is 23.7. The van der Waals surface area contributed by atoms with Crippen LogP contribution in [0.2, 0.25) is 5.02 Å². The summed E-state index contributed by atoms with van der Waals surface area (Å²) < 4.78 is 7.57. The van der Waals surface area contributed by atoms with Crippen LogP contribution in [0.4, 0.5) is 5.69 Å². The number of benzene rings is 3. The molecule has 34 heavy (non-hydrogen) atoms. The van der Waals surface area contributed by atoms with E-state index < -0.39 is 5.91 Å². The Morgan fingerprint density at radius 3 is 2.65 bits per heavy atom. The average Bonchev–Trinajstić information content (AvgIpc) is 2.86. The molecule has 0 saturated carbocycles. The molecule has 0 bridgehead atoms. The second-order valence-electron chi connectivity index (χ2n) is 8.38. The van der Waals surface area contributed by atoms with Gasteiger partial charge in [0.05, 0.1) is 17.7 Å². The fourth-order valence-electron chi connectivity index (χ4n) is 4.29. The first-order chi connectivity index (χ1) is 16.5. The molecule has 7 heteroatoms. The van der Waals surface area contributed by atoms with Crippen LogP contribution in [-0.2, 0) is 20.1 Å². The normalized spacial score (nSPS) is 12.8. The number of aryl methyl sites for hydroxylation is 1. The Kier molecular flexibility index (Phi) is 5.99. The molecular formula is C27H24ClN3O3. The fourth-order valence-corrected chi connectivity index (χ4v) is 4.42. The predicted molar refractivity (Wildman–Crippen MR) is 135 cm³/mol. The predicted octanol–water partition coefficient (Wildman–Crippen LogP) is 4.52. The monoisotopic (exact) mass is 473 g/mol. The number of halogens is 1. The van der Waals surface area contributed by atoms with E-state index in [1.165, 1.54) is 0 Å². The lowest BCUT2D eigenvalue weighted by molar-refractivity contribution is 0.0949. The first kappa shape index (κ1) is 22.0. The number of hydrogen-bond donors (Lipinski definition) is 1. The molecule has 1 aliphatic heterocycles. The van der Waals surface area contributed by atoms with Crippen molar-refractivity contribution in [1.82, 2.24) is 9.88 Å². The van der Waals surface area contributed by atoms with Crippen molar-refractivity contribution in [2.45, 2.75) is 13.1 Å². The van der Waals surface area contributed by atoms with Crippen LogP contribution < -0.4 is 20.4 Å². The molecule has 0 aliphatic carbocycles. The fraction of sp³-hybridized carbons (Fsp3) is 0.185. The third kappa shape index (κ3) is 4.37. The molecule has 0 atom stereocenters. The highest BCUT2D eigenvalue weighted by atomic mass is 35.5. The van der Waals surface area contributed by atoms with E-state index in [4.69, 9.17) is 16.3 Å². The number of hydrogen-bond acceptors (Lipinski definition) is 4. The molecule has 0 spiro atoms. The molecule has 0 fully saturated rings. The third-order valence-electron chi connectivity index (χ3n) is 6.06. The summed E-state index contributed by atoms with van der Waals surface area (Å²) in [6.45, 7) is 2.34. The van der Waals surface area contributed by atoms with Gasteiger partial charge in [-0.1, -0.05) is 41.9 Å². The molecule has 1 amide bonds. The van der Waals surface area contributed by atoms with E-state index in [9.17, 15) is 9.59 Å².